The second-order valence-electron chi connectivity index (χ2n) is 16.4. The van der Waals surface area contributed by atoms with E-state index in [2.05, 4.69) is 10.6 Å². The van der Waals surface area contributed by atoms with Crippen LogP contribution in [0.4, 0.5) is 11.4 Å². The van der Waals surface area contributed by atoms with Gasteiger partial charge in [0.1, 0.15) is 12.2 Å². The molecule has 0 spiro atoms. The van der Waals surface area contributed by atoms with Crippen LogP contribution in [0.25, 0.3) is 0 Å². The molecule has 0 aromatic heterocycles. The van der Waals surface area contributed by atoms with Crippen LogP contribution < -0.4 is 10.6 Å². The first kappa shape index (κ1) is 70.1. The summed E-state index contributed by atoms with van der Waals surface area (Å²) in [6, 6.07) is 0. The van der Waals surface area contributed by atoms with Crippen LogP contribution in [0.2, 0.25) is 0 Å². The molecule has 8 N–H and O–H groups in total. The predicted octanol–water partition coefficient (Wildman–Crippen LogP) is 4.62. The van der Waals surface area contributed by atoms with Crippen LogP contribution in [0.1, 0.15) is 109 Å². The minimum atomic E-state index is -1.40. The number of hydrogen-bond acceptors (Lipinski definition) is 20. The molecule has 412 valence electrons. The topological polar surface area (TPSA) is 353 Å². The van der Waals surface area contributed by atoms with Crippen LogP contribution >= 0.6 is 136 Å². The highest BCUT2D eigenvalue weighted by molar-refractivity contribution is 14.1. The number of aliphatic hydroxyl groups excluding tert-OH is 6. The molecule has 0 fully saturated rings. The third kappa shape index (κ3) is 22.4. The van der Waals surface area contributed by atoms with Crippen LogP contribution in [0.5, 0.6) is 0 Å². The fourth-order valence-corrected chi connectivity index (χ4v) is 15.4. The summed E-state index contributed by atoms with van der Waals surface area (Å²) in [7, 11) is 0. The molecule has 0 saturated carbocycles. The summed E-state index contributed by atoms with van der Waals surface area (Å²) in [6.07, 6.45) is -3.57. The average molecular weight is 1720 g/mol. The van der Waals surface area contributed by atoms with Gasteiger partial charge in [-0.1, -0.05) is 0 Å². The zero-order valence-electron chi connectivity index (χ0n) is 40.6. The second kappa shape index (κ2) is 34.9. The number of nitrogens with one attached hydrogen (secondary N) is 2. The molecular formula is C46H56I6N2O20. The molecule has 22 nitrogen and oxygen atoms in total. The predicted molar refractivity (Wildman–Crippen MR) is 314 cm³/mol. The molecule has 0 bridgehead atoms. The first-order valence-corrected chi connectivity index (χ1v) is 28.4. The van der Waals surface area contributed by atoms with Crippen molar-refractivity contribution in [1.82, 2.24) is 0 Å². The number of hydrogen-bond donors (Lipinski definition) is 8. The van der Waals surface area contributed by atoms with E-state index >= 15 is 0 Å². The number of ketones is 4. The number of aliphatic hydroxyl groups is 6. The Morgan fingerprint density at radius 2 is 0.595 bits per heavy atom. The van der Waals surface area contributed by atoms with E-state index in [-0.39, 0.29) is 96.4 Å². The molecule has 0 aliphatic heterocycles. The molecule has 74 heavy (non-hydrogen) atoms. The van der Waals surface area contributed by atoms with Gasteiger partial charge in [-0.3, -0.25) is 47.9 Å². The van der Waals surface area contributed by atoms with Gasteiger partial charge >= 0.3 is 23.9 Å². The summed E-state index contributed by atoms with van der Waals surface area (Å²) in [5, 5.41) is 61.8. The fraction of sp³-hybridized carbons (Fsp3) is 0.522. The number of esters is 4. The number of halogens is 6. The number of benzene rings is 2. The second-order valence-corrected chi connectivity index (χ2v) is 22.9. The third-order valence-corrected chi connectivity index (χ3v) is 16.5. The highest BCUT2D eigenvalue weighted by atomic mass is 127. The maximum Gasteiger partial charge on any atom is 0.302 e. The first-order valence-electron chi connectivity index (χ1n) is 22.0. The highest BCUT2D eigenvalue weighted by Crippen LogP contribution is 2.39. The minimum Gasteiger partial charge on any atom is -0.465 e. The van der Waals surface area contributed by atoms with Crippen LogP contribution in [-0.4, -0.2) is 155 Å². The van der Waals surface area contributed by atoms with Gasteiger partial charge in [-0.25, -0.2) is 0 Å². The molecule has 2 rings (SSSR count). The van der Waals surface area contributed by atoms with Gasteiger partial charge in [0.25, 0.3) is 11.8 Å². The Balaban J connectivity index is 0.000000780. The third-order valence-electron chi connectivity index (χ3n) is 10.0. The molecule has 0 radical (unpaired) electrons. The van der Waals surface area contributed by atoms with E-state index in [1.54, 1.807) is 0 Å². The maximum atomic E-state index is 13.7. The van der Waals surface area contributed by atoms with E-state index in [4.69, 9.17) is 18.9 Å². The number of ether oxygens (including phenoxy) is 4. The number of carbonyl (C=O) groups excluding carboxylic acids is 10. The van der Waals surface area contributed by atoms with E-state index in [0.29, 0.717) is 10.7 Å². The van der Waals surface area contributed by atoms with Crippen LogP contribution in [0.15, 0.2) is 0 Å². The van der Waals surface area contributed by atoms with Crippen molar-refractivity contribution < 1.29 is 97.5 Å². The van der Waals surface area contributed by atoms with Crippen molar-refractivity contribution in [1.29, 1.82) is 0 Å². The monoisotopic (exact) mass is 1720 g/mol. The average Bonchev–Trinajstić information content (AvgIpc) is 3.31. The van der Waals surface area contributed by atoms with Crippen molar-refractivity contribution in [3.63, 3.8) is 0 Å². The van der Waals surface area contributed by atoms with Crippen LogP contribution in [0, 0.1) is 45.1 Å². The Hall–Kier alpha value is -1.92. The quantitative estimate of drug-likeness (QED) is 0.0249. The lowest BCUT2D eigenvalue weighted by atomic mass is 9.94. The molecule has 2 atom stereocenters. The van der Waals surface area contributed by atoms with E-state index in [9.17, 15) is 78.6 Å². The Morgan fingerprint density at radius 1 is 0.392 bits per heavy atom. The van der Waals surface area contributed by atoms with Gasteiger partial charge in [0.15, 0.2) is 23.1 Å². The Kier molecular flexibility index (Phi) is 33.0. The van der Waals surface area contributed by atoms with Crippen molar-refractivity contribution in [3.05, 3.63) is 43.7 Å². The van der Waals surface area contributed by atoms with E-state index in [1.807, 2.05) is 136 Å². The van der Waals surface area contributed by atoms with E-state index < -0.39 is 121 Å². The molecule has 2 amide bonds. The molecular weight excluding hydrogens is 1660 g/mol. The number of anilines is 2. The summed E-state index contributed by atoms with van der Waals surface area (Å²) < 4.78 is 22.1. The van der Waals surface area contributed by atoms with Crippen LogP contribution in [0.3, 0.4) is 0 Å². The maximum absolute atomic E-state index is 13.7. The number of Topliss-reactive ketones (excluding diaryl/α,β-unsaturated/α-hetero) is 4. The highest BCUT2D eigenvalue weighted by Gasteiger charge is 2.33. The summed E-state index contributed by atoms with van der Waals surface area (Å²) >= 11 is 11.2. The first-order chi connectivity index (χ1) is 34.5. The zero-order chi connectivity index (χ0) is 56.9. The Labute approximate surface area is 507 Å². The smallest absolute Gasteiger partial charge is 0.302 e. The van der Waals surface area contributed by atoms with Crippen molar-refractivity contribution >= 4 is 206 Å². The number of amides is 2. The molecule has 0 aliphatic rings. The zero-order valence-corrected chi connectivity index (χ0v) is 53.6. The standard InChI is InChI=1S/C27H32I3NO12.C19H24I3NO8/c1-12(32)27(39)31-26-24(29)21(19(37)6-17(8-40-13(2)33)9-41-14(3)34)23(28)22(25(26)30)20(38)7-18(10-42-15(4)35)11-43-16(5)36;1-8(28)19(31)23-18-16(21)13(11(29)2-9(4-24)5-25)15(20)14(17(18)22)12(30)3-10(6-26)7-27/h12,17-18,32H,6-11H2,1-5H3,(H,31,39);8-10,24-28H,2-7H2,1H3,(H,23,31)/t12-;8-/m00/s1. The van der Waals surface area contributed by atoms with Crippen LogP contribution in [-0.2, 0) is 47.7 Å². The molecule has 0 aliphatic carbocycles. The fourth-order valence-electron chi connectivity index (χ4n) is 6.09. The van der Waals surface area contributed by atoms with E-state index in [0.717, 1.165) is 0 Å². The summed E-state index contributed by atoms with van der Waals surface area (Å²) in [5.74, 6) is -8.49. The normalized spacial score (nSPS) is 11.9. The molecule has 0 unspecified atom stereocenters. The number of carbonyl (C=O) groups is 10. The molecule has 2 aromatic rings. The Morgan fingerprint density at radius 3 is 0.770 bits per heavy atom. The minimum absolute atomic E-state index is 0.0815. The van der Waals surface area contributed by atoms with Gasteiger partial charge in [-0.05, 0) is 149 Å². The van der Waals surface area contributed by atoms with Gasteiger partial charge in [-0.15, -0.1) is 0 Å². The summed E-state index contributed by atoms with van der Waals surface area (Å²) in [4.78, 5) is 124. The largest absolute Gasteiger partial charge is 0.465 e. The van der Waals surface area contributed by atoms with Crippen molar-refractivity contribution in [2.24, 2.45) is 23.7 Å². The summed E-state index contributed by atoms with van der Waals surface area (Å²) in [6.45, 7) is 4.88. The summed E-state index contributed by atoms with van der Waals surface area (Å²) in [5.41, 5.74) is 0.779. The molecule has 28 heteroatoms. The Bertz CT molecular complexity index is 2240. The van der Waals surface area contributed by atoms with Gasteiger partial charge in [0, 0.05) is 147 Å². The molecule has 2 aromatic carbocycles. The van der Waals surface area contributed by atoms with Gasteiger partial charge in [0.05, 0.1) is 37.8 Å². The molecule has 0 heterocycles. The lowest BCUT2D eigenvalue weighted by Gasteiger charge is -2.22. The molecule has 0 saturated heterocycles. The lowest BCUT2D eigenvalue weighted by Crippen LogP contribution is -2.28. The van der Waals surface area contributed by atoms with Gasteiger partial charge < -0.3 is 60.2 Å². The van der Waals surface area contributed by atoms with E-state index in [1.165, 1.54) is 41.5 Å². The lowest BCUT2D eigenvalue weighted by molar-refractivity contribution is -0.148. The number of rotatable bonds is 28. The van der Waals surface area contributed by atoms with Gasteiger partial charge in [-0.2, -0.15) is 0 Å². The van der Waals surface area contributed by atoms with Crippen molar-refractivity contribution in [3.8, 4) is 0 Å². The SMILES string of the molecule is CC(=O)OCC(COC(C)=O)CC(=O)c1c(I)c(NC(=O)[C@H](C)O)c(I)c(C(=O)CC(COC(C)=O)COC(C)=O)c1I.C[C@H](O)C(=O)Nc1c(I)c(C(=O)CC(CO)CO)c(I)c(C(=O)CC(CO)CO)c1I. The van der Waals surface area contributed by atoms with Crippen molar-refractivity contribution in [2.45, 2.75) is 79.4 Å². The van der Waals surface area contributed by atoms with Crippen molar-refractivity contribution in [2.75, 3.05) is 63.5 Å². The van der Waals surface area contributed by atoms with Gasteiger partial charge in [0.2, 0.25) is 0 Å².